The molecule has 0 saturated carbocycles. The molecule has 0 spiro atoms. The zero-order chi connectivity index (χ0) is 19.1. The topological polar surface area (TPSA) is 66.9 Å². The number of nitrogens with zero attached hydrogens (tertiary/aromatic N) is 3. The summed E-state index contributed by atoms with van der Waals surface area (Å²) in [6.45, 7) is 3.42. The average Bonchev–Trinajstić information content (AvgIpc) is 2.89. The number of ether oxygens (including phenoxy) is 2. The van der Waals surface area contributed by atoms with E-state index in [1.807, 2.05) is 55.4 Å². The number of urea groups is 1. The van der Waals surface area contributed by atoms with E-state index >= 15 is 0 Å². The molecule has 1 atom stereocenters. The summed E-state index contributed by atoms with van der Waals surface area (Å²) in [5, 5.41) is 2.95. The number of hydrogen-bond donors (Lipinski definition) is 1. The number of rotatable bonds is 5. The fraction of sp³-hybridized carbons (Fsp3) is 0.400. The van der Waals surface area contributed by atoms with Crippen molar-refractivity contribution in [2.75, 3.05) is 52.3 Å². The molecule has 7 nitrogen and oxygen atoms in total. The van der Waals surface area contributed by atoms with Crippen LogP contribution in [0.3, 0.4) is 0 Å². The number of pyridine rings is 1. The van der Waals surface area contributed by atoms with Crippen molar-refractivity contribution in [1.29, 1.82) is 0 Å². The quantitative estimate of drug-likeness (QED) is 0.877. The molecule has 1 aromatic carbocycles. The second-order valence-electron chi connectivity index (χ2n) is 6.89. The van der Waals surface area contributed by atoms with Crippen LogP contribution < -0.4 is 10.1 Å². The monoisotopic (exact) mass is 370 g/mol. The molecule has 7 heteroatoms. The second-order valence-corrected chi connectivity index (χ2v) is 6.89. The van der Waals surface area contributed by atoms with Crippen LogP contribution in [0.4, 0.5) is 10.5 Å². The normalized spacial score (nSPS) is 17.4. The lowest BCUT2D eigenvalue weighted by Gasteiger charge is -2.25. The van der Waals surface area contributed by atoms with Gasteiger partial charge in [0.15, 0.2) is 0 Å². The number of benzene rings is 1. The van der Waals surface area contributed by atoms with Gasteiger partial charge in [0.25, 0.3) is 0 Å². The van der Waals surface area contributed by atoms with E-state index in [-0.39, 0.29) is 6.03 Å². The summed E-state index contributed by atoms with van der Waals surface area (Å²) in [7, 11) is 4.06. The molecule has 2 aromatic rings. The highest BCUT2D eigenvalue weighted by Gasteiger charge is 2.23. The highest BCUT2D eigenvalue weighted by atomic mass is 16.5. The van der Waals surface area contributed by atoms with Crippen molar-refractivity contribution in [3.05, 3.63) is 48.8 Å². The third kappa shape index (κ3) is 5.94. The molecule has 1 aliphatic rings. The first kappa shape index (κ1) is 19.1. The molecule has 27 heavy (non-hydrogen) atoms. The second kappa shape index (κ2) is 9.34. The minimum atomic E-state index is -0.106. The molecule has 1 N–H and O–H groups in total. The summed E-state index contributed by atoms with van der Waals surface area (Å²) >= 11 is 0. The lowest BCUT2D eigenvalue weighted by Crippen LogP contribution is -2.41. The van der Waals surface area contributed by atoms with Crippen molar-refractivity contribution in [2.45, 2.75) is 0 Å². The van der Waals surface area contributed by atoms with E-state index in [0.717, 1.165) is 12.2 Å². The Balaban J connectivity index is 1.56. The fourth-order valence-corrected chi connectivity index (χ4v) is 3.04. The fourth-order valence-electron chi connectivity index (χ4n) is 3.04. The van der Waals surface area contributed by atoms with Crippen molar-refractivity contribution in [2.24, 2.45) is 5.92 Å². The summed E-state index contributed by atoms with van der Waals surface area (Å²) in [6.07, 6.45) is 3.35. The minimum absolute atomic E-state index is 0.106. The predicted octanol–water partition coefficient (Wildman–Crippen LogP) is 2.92. The van der Waals surface area contributed by atoms with Crippen molar-refractivity contribution in [3.63, 3.8) is 0 Å². The summed E-state index contributed by atoms with van der Waals surface area (Å²) < 4.78 is 11.4. The molecule has 1 aromatic heterocycles. The smallest absolute Gasteiger partial charge is 0.321 e. The maximum Gasteiger partial charge on any atom is 0.321 e. The molecule has 1 aliphatic heterocycles. The van der Waals surface area contributed by atoms with Gasteiger partial charge in [0.2, 0.25) is 0 Å². The molecule has 144 valence electrons. The van der Waals surface area contributed by atoms with E-state index in [9.17, 15) is 4.79 Å². The number of carbonyl (C=O) groups excluding carboxylic acids is 1. The van der Waals surface area contributed by atoms with Gasteiger partial charge in [0.1, 0.15) is 11.5 Å². The molecule has 2 heterocycles. The molecule has 2 amide bonds. The van der Waals surface area contributed by atoms with Gasteiger partial charge in [-0.25, -0.2) is 4.79 Å². The van der Waals surface area contributed by atoms with Gasteiger partial charge in [-0.05, 0) is 50.5 Å². The van der Waals surface area contributed by atoms with Gasteiger partial charge in [0, 0.05) is 37.4 Å². The Morgan fingerprint density at radius 1 is 1.30 bits per heavy atom. The molecular formula is C20H26N4O3. The third-order valence-corrected chi connectivity index (χ3v) is 4.22. The Labute approximate surface area is 159 Å². The number of anilines is 1. The van der Waals surface area contributed by atoms with Gasteiger partial charge in [-0.15, -0.1) is 0 Å². The van der Waals surface area contributed by atoms with Crippen LogP contribution in [0.5, 0.6) is 11.5 Å². The van der Waals surface area contributed by atoms with Gasteiger partial charge >= 0.3 is 6.03 Å². The maximum absolute atomic E-state index is 12.6. The number of carbonyl (C=O) groups is 1. The van der Waals surface area contributed by atoms with Crippen LogP contribution in [0.25, 0.3) is 0 Å². The van der Waals surface area contributed by atoms with E-state index < -0.39 is 0 Å². The first-order chi connectivity index (χ1) is 13.1. The van der Waals surface area contributed by atoms with Crippen molar-refractivity contribution >= 4 is 11.7 Å². The largest absolute Gasteiger partial charge is 0.456 e. The average molecular weight is 370 g/mol. The van der Waals surface area contributed by atoms with Crippen LogP contribution in [0.2, 0.25) is 0 Å². The Morgan fingerprint density at radius 2 is 2.11 bits per heavy atom. The lowest BCUT2D eigenvalue weighted by molar-refractivity contribution is 0.112. The summed E-state index contributed by atoms with van der Waals surface area (Å²) in [6, 6.07) is 10.9. The maximum atomic E-state index is 12.6. The van der Waals surface area contributed by atoms with E-state index in [2.05, 4.69) is 15.2 Å². The number of amides is 2. The Bertz CT molecular complexity index is 722. The van der Waals surface area contributed by atoms with Gasteiger partial charge < -0.3 is 24.6 Å². The van der Waals surface area contributed by atoms with Crippen molar-refractivity contribution < 1.29 is 14.3 Å². The van der Waals surface area contributed by atoms with Gasteiger partial charge in [0.05, 0.1) is 19.4 Å². The number of aromatic nitrogens is 1. The molecule has 3 rings (SSSR count). The molecule has 1 saturated heterocycles. The van der Waals surface area contributed by atoms with Crippen LogP contribution in [-0.4, -0.2) is 67.8 Å². The van der Waals surface area contributed by atoms with Gasteiger partial charge in [-0.3, -0.25) is 4.98 Å². The number of nitrogens with one attached hydrogen (secondary N) is 1. The van der Waals surface area contributed by atoms with Gasteiger partial charge in [-0.1, -0.05) is 0 Å². The SMILES string of the molecule is CN(C)CC1COCCN(C(=O)Nc2ccc(Oc3cccnc3)cc2)C1. The Morgan fingerprint density at radius 3 is 2.81 bits per heavy atom. The summed E-state index contributed by atoms with van der Waals surface area (Å²) in [4.78, 5) is 20.6. The first-order valence-electron chi connectivity index (χ1n) is 9.06. The molecule has 0 aliphatic carbocycles. The lowest BCUT2D eigenvalue weighted by atomic mass is 10.1. The first-order valence-corrected chi connectivity index (χ1v) is 9.06. The summed E-state index contributed by atoms with van der Waals surface area (Å²) in [5.41, 5.74) is 0.730. The van der Waals surface area contributed by atoms with E-state index in [1.165, 1.54) is 0 Å². The Kier molecular flexibility index (Phi) is 6.62. The van der Waals surface area contributed by atoms with Crippen molar-refractivity contribution in [1.82, 2.24) is 14.8 Å². The standard InChI is InChI=1S/C20H26N4O3/c1-23(2)13-16-14-24(10-11-26-15-16)20(25)22-17-5-7-18(8-6-17)27-19-4-3-9-21-12-19/h3-9,12,16H,10-11,13-15H2,1-2H3,(H,22,25). The molecular weight excluding hydrogens is 344 g/mol. The van der Waals surface area contributed by atoms with Crippen LogP contribution in [-0.2, 0) is 4.74 Å². The predicted molar refractivity (Wildman–Crippen MR) is 104 cm³/mol. The zero-order valence-electron chi connectivity index (χ0n) is 15.8. The zero-order valence-corrected chi connectivity index (χ0v) is 15.8. The summed E-state index contributed by atoms with van der Waals surface area (Å²) in [5.74, 6) is 1.67. The van der Waals surface area contributed by atoms with Crippen molar-refractivity contribution in [3.8, 4) is 11.5 Å². The van der Waals surface area contributed by atoms with Crippen LogP contribution in [0.1, 0.15) is 0 Å². The Hall–Kier alpha value is -2.64. The van der Waals surface area contributed by atoms with Gasteiger partial charge in [-0.2, -0.15) is 0 Å². The van der Waals surface area contributed by atoms with E-state index in [4.69, 9.17) is 9.47 Å². The molecule has 1 unspecified atom stereocenters. The van der Waals surface area contributed by atoms with Crippen LogP contribution in [0.15, 0.2) is 48.8 Å². The third-order valence-electron chi connectivity index (χ3n) is 4.22. The number of hydrogen-bond acceptors (Lipinski definition) is 5. The molecule has 0 bridgehead atoms. The van der Waals surface area contributed by atoms with Crippen LogP contribution >= 0.6 is 0 Å². The van der Waals surface area contributed by atoms with Crippen LogP contribution in [0, 0.1) is 5.92 Å². The molecule has 1 fully saturated rings. The minimum Gasteiger partial charge on any atom is -0.456 e. The van der Waals surface area contributed by atoms with E-state index in [1.54, 1.807) is 12.4 Å². The highest BCUT2D eigenvalue weighted by molar-refractivity contribution is 5.89. The molecule has 0 radical (unpaired) electrons. The highest BCUT2D eigenvalue weighted by Crippen LogP contribution is 2.22. The van der Waals surface area contributed by atoms with E-state index in [0.29, 0.717) is 43.7 Å².